The van der Waals surface area contributed by atoms with Gasteiger partial charge in [0.2, 0.25) is 0 Å². The van der Waals surface area contributed by atoms with Gasteiger partial charge in [-0.05, 0) is 25.5 Å². The summed E-state index contributed by atoms with van der Waals surface area (Å²) >= 11 is 0. The first-order valence-electron chi connectivity index (χ1n) is 6.30. The van der Waals surface area contributed by atoms with Gasteiger partial charge in [-0.2, -0.15) is 0 Å². The van der Waals surface area contributed by atoms with Gasteiger partial charge >= 0.3 is 5.97 Å². The van der Waals surface area contributed by atoms with E-state index in [0.29, 0.717) is 18.8 Å². The van der Waals surface area contributed by atoms with E-state index < -0.39 is 12.1 Å². The van der Waals surface area contributed by atoms with Crippen LogP contribution in [0.4, 0.5) is 5.69 Å². The summed E-state index contributed by atoms with van der Waals surface area (Å²) in [5.74, 6) is -0.984. The van der Waals surface area contributed by atoms with Crippen LogP contribution in [0.1, 0.15) is 22.8 Å². The van der Waals surface area contributed by atoms with Crippen molar-refractivity contribution in [2.75, 3.05) is 26.0 Å². The van der Waals surface area contributed by atoms with Crippen molar-refractivity contribution in [3.63, 3.8) is 0 Å². The van der Waals surface area contributed by atoms with Crippen LogP contribution in [0.5, 0.6) is 0 Å². The van der Waals surface area contributed by atoms with E-state index in [-0.39, 0.29) is 11.5 Å². The summed E-state index contributed by atoms with van der Waals surface area (Å²) in [6.45, 7) is 4.07. The number of methoxy groups -OCH3 is 1. The van der Waals surface area contributed by atoms with Gasteiger partial charge < -0.3 is 20.5 Å². The highest BCUT2D eigenvalue weighted by Crippen LogP contribution is 2.17. The standard InChI is InChI=1S/C14H20N2O4/c1-9-5-4-6-11(12(9)15)14(18)20-10(2)13(17)16-7-8-19-3/h4-6,10H,7-8,15H2,1-3H3,(H,16,17)/t10-/m0/s1. The van der Waals surface area contributed by atoms with Crippen molar-refractivity contribution < 1.29 is 19.1 Å². The molecule has 110 valence electrons. The average Bonchev–Trinajstić information content (AvgIpc) is 2.41. The second kappa shape index (κ2) is 7.49. The maximum Gasteiger partial charge on any atom is 0.341 e. The summed E-state index contributed by atoms with van der Waals surface area (Å²) < 4.78 is 9.91. The maximum atomic E-state index is 12.0. The van der Waals surface area contributed by atoms with Crippen LogP contribution in [0.2, 0.25) is 0 Å². The molecule has 0 spiro atoms. The molecule has 6 heteroatoms. The van der Waals surface area contributed by atoms with Crippen molar-refractivity contribution >= 4 is 17.6 Å². The predicted octanol–water partition coefficient (Wildman–Crippen LogP) is 0.885. The monoisotopic (exact) mass is 280 g/mol. The molecule has 0 aliphatic carbocycles. The van der Waals surface area contributed by atoms with Gasteiger partial charge in [0.15, 0.2) is 6.10 Å². The molecule has 0 fully saturated rings. The highest BCUT2D eigenvalue weighted by atomic mass is 16.5. The molecule has 0 heterocycles. The third kappa shape index (κ3) is 4.24. The minimum atomic E-state index is -0.890. The lowest BCUT2D eigenvalue weighted by Gasteiger charge is -2.14. The molecule has 6 nitrogen and oxygen atoms in total. The number of nitrogen functional groups attached to an aromatic ring is 1. The number of para-hydroxylation sites is 1. The van der Waals surface area contributed by atoms with E-state index in [1.165, 1.54) is 14.0 Å². The number of benzene rings is 1. The van der Waals surface area contributed by atoms with Crippen molar-refractivity contribution in [2.24, 2.45) is 0 Å². The summed E-state index contributed by atoms with van der Waals surface area (Å²) in [5.41, 5.74) is 7.23. The number of carbonyl (C=O) groups excluding carboxylic acids is 2. The Hall–Kier alpha value is -2.08. The highest BCUT2D eigenvalue weighted by Gasteiger charge is 2.20. The summed E-state index contributed by atoms with van der Waals surface area (Å²) in [5, 5.41) is 2.59. The zero-order chi connectivity index (χ0) is 15.1. The molecule has 0 aliphatic rings. The van der Waals surface area contributed by atoms with E-state index in [0.717, 1.165) is 5.56 Å². The quantitative estimate of drug-likeness (QED) is 0.459. The van der Waals surface area contributed by atoms with Crippen LogP contribution in [0, 0.1) is 6.92 Å². The number of anilines is 1. The van der Waals surface area contributed by atoms with Gasteiger partial charge in [-0.15, -0.1) is 0 Å². The first-order chi connectivity index (χ1) is 9.47. The van der Waals surface area contributed by atoms with Gasteiger partial charge in [-0.1, -0.05) is 12.1 Å². The lowest BCUT2D eigenvalue weighted by Crippen LogP contribution is -2.37. The number of aryl methyl sites for hydroxylation is 1. The SMILES string of the molecule is COCCNC(=O)[C@H](C)OC(=O)c1cccc(C)c1N. The number of esters is 1. The van der Waals surface area contributed by atoms with Crippen molar-refractivity contribution in [3.8, 4) is 0 Å². The zero-order valence-corrected chi connectivity index (χ0v) is 11.9. The Balaban J connectivity index is 2.61. The Morgan fingerprint density at radius 3 is 2.75 bits per heavy atom. The van der Waals surface area contributed by atoms with E-state index in [1.807, 2.05) is 0 Å². The smallest absolute Gasteiger partial charge is 0.341 e. The van der Waals surface area contributed by atoms with Crippen LogP contribution >= 0.6 is 0 Å². The molecule has 1 aromatic rings. The Kier molecular flexibility index (Phi) is 5.99. The minimum absolute atomic E-state index is 0.265. The number of hydrogen-bond donors (Lipinski definition) is 2. The molecule has 1 aromatic carbocycles. The normalized spacial score (nSPS) is 11.8. The fourth-order valence-electron chi connectivity index (χ4n) is 1.56. The number of nitrogens with one attached hydrogen (secondary N) is 1. The van der Waals surface area contributed by atoms with Crippen molar-refractivity contribution in [1.29, 1.82) is 0 Å². The molecule has 0 saturated carbocycles. The largest absolute Gasteiger partial charge is 0.449 e. The van der Waals surface area contributed by atoms with Crippen molar-refractivity contribution in [1.82, 2.24) is 5.32 Å². The molecule has 0 unspecified atom stereocenters. The molecule has 0 radical (unpaired) electrons. The van der Waals surface area contributed by atoms with Crippen molar-refractivity contribution in [3.05, 3.63) is 29.3 Å². The molecule has 3 N–H and O–H groups in total. The number of amides is 1. The number of nitrogens with two attached hydrogens (primary N) is 1. The van der Waals surface area contributed by atoms with Crippen molar-refractivity contribution in [2.45, 2.75) is 20.0 Å². The molecular formula is C14H20N2O4. The second-order valence-corrected chi connectivity index (χ2v) is 4.37. The summed E-state index contributed by atoms with van der Waals surface area (Å²) in [7, 11) is 1.54. The predicted molar refractivity (Wildman–Crippen MR) is 75.4 cm³/mol. The topological polar surface area (TPSA) is 90.6 Å². The summed E-state index contributed by atoms with van der Waals surface area (Å²) in [6, 6.07) is 5.08. The van der Waals surface area contributed by atoms with Crippen LogP contribution in [0.3, 0.4) is 0 Å². The van der Waals surface area contributed by atoms with E-state index in [4.69, 9.17) is 15.2 Å². The van der Waals surface area contributed by atoms with Crippen LogP contribution in [-0.4, -0.2) is 38.2 Å². The molecule has 20 heavy (non-hydrogen) atoms. The second-order valence-electron chi connectivity index (χ2n) is 4.37. The van der Waals surface area contributed by atoms with Gasteiger partial charge in [0.05, 0.1) is 12.2 Å². The third-order valence-corrected chi connectivity index (χ3v) is 2.80. The van der Waals surface area contributed by atoms with E-state index >= 15 is 0 Å². The lowest BCUT2D eigenvalue weighted by molar-refractivity contribution is -0.129. The molecule has 1 amide bonds. The summed E-state index contributed by atoms with van der Waals surface area (Å²) in [6.07, 6.45) is -0.890. The van der Waals surface area contributed by atoms with E-state index in [9.17, 15) is 9.59 Å². The number of carbonyl (C=O) groups is 2. The minimum Gasteiger partial charge on any atom is -0.449 e. The van der Waals surface area contributed by atoms with Crippen LogP contribution < -0.4 is 11.1 Å². The number of rotatable bonds is 6. The van der Waals surface area contributed by atoms with Crippen LogP contribution in [0.25, 0.3) is 0 Å². The first-order valence-corrected chi connectivity index (χ1v) is 6.30. The van der Waals surface area contributed by atoms with Gasteiger partial charge in [0.25, 0.3) is 5.91 Å². The first kappa shape index (κ1) is 16.0. The molecule has 1 atom stereocenters. The van der Waals surface area contributed by atoms with E-state index in [2.05, 4.69) is 5.32 Å². The van der Waals surface area contributed by atoms with Crippen LogP contribution in [0.15, 0.2) is 18.2 Å². The fourth-order valence-corrected chi connectivity index (χ4v) is 1.56. The lowest BCUT2D eigenvalue weighted by atomic mass is 10.1. The Bertz CT molecular complexity index is 488. The Morgan fingerprint density at radius 1 is 1.40 bits per heavy atom. The Labute approximate surface area is 118 Å². The van der Waals surface area contributed by atoms with Gasteiger partial charge in [0, 0.05) is 19.3 Å². The van der Waals surface area contributed by atoms with Gasteiger partial charge in [-0.3, -0.25) is 4.79 Å². The molecular weight excluding hydrogens is 260 g/mol. The average molecular weight is 280 g/mol. The fraction of sp³-hybridized carbons (Fsp3) is 0.429. The zero-order valence-electron chi connectivity index (χ0n) is 11.9. The molecule has 0 aliphatic heterocycles. The van der Waals surface area contributed by atoms with Gasteiger partial charge in [0.1, 0.15) is 0 Å². The third-order valence-electron chi connectivity index (χ3n) is 2.80. The number of hydrogen-bond acceptors (Lipinski definition) is 5. The molecule has 1 rings (SSSR count). The molecule has 0 bridgehead atoms. The summed E-state index contributed by atoms with van der Waals surface area (Å²) in [4.78, 5) is 23.6. The highest BCUT2D eigenvalue weighted by molar-refractivity contribution is 5.97. The maximum absolute atomic E-state index is 12.0. The van der Waals surface area contributed by atoms with E-state index in [1.54, 1.807) is 25.1 Å². The molecule has 0 saturated heterocycles. The van der Waals surface area contributed by atoms with Gasteiger partial charge in [-0.25, -0.2) is 4.79 Å². The molecule has 0 aromatic heterocycles. The Morgan fingerprint density at radius 2 is 2.10 bits per heavy atom. The van der Waals surface area contributed by atoms with Crippen LogP contribution in [-0.2, 0) is 14.3 Å². The number of ether oxygens (including phenoxy) is 2.